The minimum atomic E-state index is -0.899. The molecule has 0 aliphatic heterocycles. The van der Waals surface area contributed by atoms with Crippen LogP contribution >= 0.6 is 11.6 Å². The van der Waals surface area contributed by atoms with E-state index in [1.165, 1.54) is 24.3 Å². The maximum absolute atomic E-state index is 12.2. The zero-order valence-electron chi connectivity index (χ0n) is 13.8. The number of esters is 1. The van der Waals surface area contributed by atoms with Gasteiger partial charge in [0, 0.05) is 11.3 Å². The molecule has 0 atom stereocenters. The van der Waals surface area contributed by atoms with Crippen LogP contribution in [0.4, 0.5) is 5.69 Å². The Morgan fingerprint density at radius 3 is 2.42 bits per heavy atom. The van der Waals surface area contributed by atoms with E-state index >= 15 is 0 Å². The fraction of sp³-hybridized carbons (Fsp3) is 0.105. The SMILES string of the molecule is CCOC(=O)/C(C#N)=C(/O)c1ccc(NC(=O)c2ccccc2Cl)cc1. The van der Waals surface area contributed by atoms with E-state index < -0.39 is 17.3 Å². The lowest BCUT2D eigenvalue weighted by Gasteiger charge is -2.08. The first-order valence-electron chi connectivity index (χ1n) is 7.64. The molecule has 0 aromatic heterocycles. The van der Waals surface area contributed by atoms with Crippen molar-refractivity contribution in [2.75, 3.05) is 11.9 Å². The Morgan fingerprint density at radius 2 is 1.85 bits per heavy atom. The highest BCUT2D eigenvalue weighted by atomic mass is 35.5. The molecule has 7 heteroatoms. The van der Waals surface area contributed by atoms with Gasteiger partial charge >= 0.3 is 5.97 Å². The predicted molar refractivity (Wildman–Crippen MR) is 97.6 cm³/mol. The van der Waals surface area contributed by atoms with E-state index in [-0.39, 0.29) is 18.1 Å². The lowest BCUT2D eigenvalue weighted by atomic mass is 10.1. The first kappa shape index (κ1) is 19.0. The second-order valence-corrected chi connectivity index (χ2v) is 5.47. The van der Waals surface area contributed by atoms with Crippen LogP contribution in [-0.2, 0) is 9.53 Å². The van der Waals surface area contributed by atoms with Crippen molar-refractivity contribution in [2.45, 2.75) is 6.92 Å². The molecule has 6 nitrogen and oxygen atoms in total. The van der Waals surface area contributed by atoms with Crippen LogP contribution in [-0.4, -0.2) is 23.6 Å². The second kappa shape index (κ2) is 8.70. The number of rotatable bonds is 5. The molecule has 0 radical (unpaired) electrons. The smallest absolute Gasteiger partial charge is 0.352 e. The molecule has 0 aliphatic rings. The summed E-state index contributed by atoms with van der Waals surface area (Å²) in [6.07, 6.45) is 0. The summed E-state index contributed by atoms with van der Waals surface area (Å²) in [6, 6.07) is 14.2. The topological polar surface area (TPSA) is 99.4 Å². The molecule has 26 heavy (non-hydrogen) atoms. The Bertz CT molecular complexity index is 899. The molecule has 0 spiro atoms. The van der Waals surface area contributed by atoms with Gasteiger partial charge < -0.3 is 15.2 Å². The number of amides is 1. The number of hydrogen-bond acceptors (Lipinski definition) is 5. The highest BCUT2D eigenvalue weighted by molar-refractivity contribution is 6.34. The number of nitriles is 1. The largest absolute Gasteiger partial charge is 0.506 e. The molecule has 1 amide bonds. The number of hydrogen-bond donors (Lipinski definition) is 2. The van der Waals surface area contributed by atoms with Crippen LogP contribution in [0, 0.1) is 11.3 Å². The van der Waals surface area contributed by atoms with Crippen molar-refractivity contribution in [3.8, 4) is 6.07 Å². The fourth-order valence-electron chi connectivity index (χ4n) is 2.10. The van der Waals surface area contributed by atoms with Crippen LogP contribution < -0.4 is 5.32 Å². The van der Waals surface area contributed by atoms with Crippen LogP contribution in [0.1, 0.15) is 22.8 Å². The number of nitrogens with zero attached hydrogens (tertiary/aromatic N) is 1. The van der Waals surface area contributed by atoms with Crippen LogP contribution in [0.3, 0.4) is 0 Å². The molecule has 2 rings (SSSR count). The Morgan fingerprint density at radius 1 is 1.19 bits per heavy atom. The summed E-state index contributed by atoms with van der Waals surface area (Å²) in [7, 11) is 0. The highest BCUT2D eigenvalue weighted by Gasteiger charge is 2.18. The first-order valence-corrected chi connectivity index (χ1v) is 8.02. The third-order valence-corrected chi connectivity index (χ3v) is 3.69. The normalized spacial score (nSPS) is 11.1. The molecule has 0 aliphatic carbocycles. The van der Waals surface area contributed by atoms with Crippen molar-refractivity contribution < 1.29 is 19.4 Å². The van der Waals surface area contributed by atoms with Gasteiger partial charge in [-0.3, -0.25) is 4.79 Å². The molecule has 0 heterocycles. The summed E-state index contributed by atoms with van der Waals surface area (Å²) in [5.41, 5.74) is 0.543. The lowest BCUT2D eigenvalue weighted by molar-refractivity contribution is -0.138. The summed E-state index contributed by atoms with van der Waals surface area (Å²) < 4.78 is 4.73. The highest BCUT2D eigenvalue weighted by Crippen LogP contribution is 2.21. The van der Waals surface area contributed by atoms with Gasteiger partial charge in [0.2, 0.25) is 0 Å². The number of aliphatic hydroxyl groups is 1. The molecule has 2 aromatic carbocycles. The minimum Gasteiger partial charge on any atom is -0.506 e. The number of nitrogens with one attached hydrogen (secondary N) is 1. The summed E-state index contributed by atoms with van der Waals surface area (Å²) in [5.74, 6) is -1.77. The van der Waals surface area contributed by atoms with E-state index in [2.05, 4.69) is 5.32 Å². The maximum atomic E-state index is 12.2. The number of halogens is 1. The van der Waals surface area contributed by atoms with E-state index in [1.807, 2.05) is 0 Å². The first-order chi connectivity index (χ1) is 12.5. The summed E-state index contributed by atoms with van der Waals surface area (Å²) in [6.45, 7) is 1.69. The summed E-state index contributed by atoms with van der Waals surface area (Å²) in [5, 5.41) is 22.2. The molecule has 2 N–H and O–H groups in total. The standard InChI is InChI=1S/C19H15ClN2O4/c1-2-26-19(25)15(11-21)17(23)12-7-9-13(10-8-12)22-18(24)14-5-3-4-6-16(14)20/h3-10,23H,2H2,1H3,(H,22,24)/b17-15+. The Hall–Kier alpha value is -3.30. The van der Waals surface area contributed by atoms with Gasteiger partial charge in [0.25, 0.3) is 5.91 Å². The molecule has 0 bridgehead atoms. The summed E-state index contributed by atoms with van der Waals surface area (Å²) >= 11 is 5.98. The van der Waals surface area contributed by atoms with Crippen LogP contribution in [0.2, 0.25) is 5.02 Å². The van der Waals surface area contributed by atoms with E-state index in [4.69, 9.17) is 21.6 Å². The molecule has 0 fully saturated rings. The maximum Gasteiger partial charge on any atom is 0.352 e. The third-order valence-electron chi connectivity index (χ3n) is 3.36. The van der Waals surface area contributed by atoms with Crippen molar-refractivity contribution in [1.82, 2.24) is 0 Å². The van der Waals surface area contributed by atoms with Crippen molar-refractivity contribution in [3.05, 3.63) is 70.3 Å². The lowest BCUT2D eigenvalue weighted by Crippen LogP contribution is -2.12. The Balaban J connectivity index is 2.20. The molecular formula is C19H15ClN2O4. The van der Waals surface area contributed by atoms with E-state index in [0.29, 0.717) is 16.3 Å². The molecular weight excluding hydrogens is 356 g/mol. The molecule has 132 valence electrons. The van der Waals surface area contributed by atoms with Gasteiger partial charge in [-0.25, -0.2) is 4.79 Å². The predicted octanol–water partition coefficient (Wildman–Crippen LogP) is 3.95. The molecule has 0 unspecified atom stereocenters. The van der Waals surface area contributed by atoms with Gasteiger partial charge in [-0.05, 0) is 43.3 Å². The minimum absolute atomic E-state index is 0.0876. The van der Waals surface area contributed by atoms with Crippen molar-refractivity contribution in [1.29, 1.82) is 5.26 Å². The van der Waals surface area contributed by atoms with E-state index in [0.717, 1.165) is 0 Å². The van der Waals surface area contributed by atoms with Crippen LogP contribution in [0.15, 0.2) is 54.1 Å². The fourth-order valence-corrected chi connectivity index (χ4v) is 2.32. The third kappa shape index (κ3) is 4.41. The van der Waals surface area contributed by atoms with Crippen LogP contribution in [0.5, 0.6) is 0 Å². The van der Waals surface area contributed by atoms with Crippen LogP contribution in [0.25, 0.3) is 5.76 Å². The Kier molecular flexibility index (Phi) is 6.36. The molecule has 2 aromatic rings. The second-order valence-electron chi connectivity index (χ2n) is 5.07. The van der Waals surface area contributed by atoms with Crippen molar-refractivity contribution in [2.24, 2.45) is 0 Å². The van der Waals surface area contributed by atoms with Crippen molar-refractivity contribution >= 4 is 34.9 Å². The van der Waals surface area contributed by atoms with Gasteiger partial charge in [0.05, 0.1) is 17.2 Å². The quantitative estimate of drug-likeness (QED) is 0.359. The van der Waals surface area contributed by atoms with Crippen molar-refractivity contribution in [3.63, 3.8) is 0 Å². The summed E-state index contributed by atoms with van der Waals surface area (Å²) in [4.78, 5) is 23.9. The van der Waals surface area contributed by atoms with Gasteiger partial charge in [-0.1, -0.05) is 23.7 Å². The van der Waals surface area contributed by atoms with Gasteiger partial charge in [0.1, 0.15) is 11.8 Å². The zero-order valence-corrected chi connectivity index (χ0v) is 14.6. The number of aliphatic hydroxyl groups excluding tert-OH is 1. The molecule has 0 saturated heterocycles. The van der Waals surface area contributed by atoms with Gasteiger partial charge in [-0.15, -0.1) is 0 Å². The molecule has 0 saturated carbocycles. The number of carbonyl (C=O) groups excluding carboxylic acids is 2. The van der Waals surface area contributed by atoms with Gasteiger partial charge in [-0.2, -0.15) is 5.26 Å². The van der Waals surface area contributed by atoms with Gasteiger partial charge in [0.15, 0.2) is 5.57 Å². The number of carbonyl (C=O) groups is 2. The monoisotopic (exact) mass is 370 g/mol. The van der Waals surface area contributed by atoms with E-state index in [9.17, 15) is 14.7 Å². The number of ether oxygens (including phenoxy) is 1. The Labute approximate surface area is 155 Å². The van der Waals surface area contributed by atoms with E-state index in [1.54, 1.807) is 37.3 Å². The number of anilines is 1. The average molecular weight is 371 g/mol. The average Bonchev–Trinajstić information content (AvgIpc) is 2.63. The number of benzene rings is 2. The zero-order chi connectivity index (χ0) is 19.1.